The smallest absolute Gasteiger partial charge is 0.0328 e. The van der Waals surface area contributed by atoms with Gasteiger partial charge in [0.2, 0.25) is 0 Å². The van der Waals surface area contributed by atoms with E-state index in [1.54, 1.807) is 11.1 Å². The van der Waals surface area contributed by atoms with Gasteiger partial charge in [-0.05, 0) is 74.6 Å². The lowest BCUT2D eigenvalue weighted by Crippen LogP contribution is -2.38. The van der Waals surface area contributed by atoms with Crippen LogP contribution >= 0.6 is 11.3 Å². The molecule has 2 aliphatic rings. The highest BCUT2D eigenvalue weighted by Gasteiger charge is 2.27. The number of hydrogen-bond donors (Lipinski definition) is 0. The minimum absolute atomic E-state index is 0.723. The summed E-state index contributed by atoms with van der Waals surface area (Å²) in [6.45, 7) is 7.08. The van der Waals surface area contributed by atoms with Gasteiger partial charge in [0.25, 0.3) is 0 Å². The highest BCUT2D eigenvalue weighted by molar-refractivity contribution is 7.10. The Morgan fingerprint density at radius 3 is 2.54 bits per heavy atom. The molecule has 0 spiro atoms. The van der Waals surface area contributed by atoms with E-state index in [0.29, 0.717) is 0 Å². The fourth-order valence-electron chi connectivity index (χ4n) is 4.49. The summed E-state index contributed by atoms with van der Waals surface area (Å²) in [7, 11) is 4.28. The van der Waals surface area contributed by atoms with Crippen molar-refractivity contribution in [1.82, 2.24) is 14.7 Å². The first-order chi connectivity index (χ1) is 12.7. The van der Waals surface area contributed by atoms with Crippen molar-refractivity contribution in [3.63, 3.8) is 0 Å². The average molecular weight is 370 g/mol. The van der Waals surface area contributed by atoms with Crippen molar-refractivity contribution in [1.29, 1.82) is 0 Å². The summed E-state index contributed by atoms with van der Waals surface area (Å²) < 4.78 is 0. The van der Waals surface area contributed by atoms with E-state index in [-0.39, 0.29) is 0 Å². The fourth-order valence-corrected chi connectivity index (χ4v) is 5.41. The third-order valence-corrected chi connectivity index (χ3v) is 6.73. The maximum atomic E-state index is 2.76. The number of benzene rings is 1. The van der Waals surface area contributed by atoms with E-state index in [1.165, 1.54) is 55.9 Å². The van der Waals surface area contributed by atoms with Crippen molar-refractivity contribution in [3.05, 3.63) is 57.3 Å². The zero-order chi connectivity index (χ0) is 17.9. The number of nitrogens with zero attached hydrogens (tertiary/aromatic N) is 3. The van der Waals surface area contributed by atoms with Gasteiger partial charge in [-0.1, -0.05) is 24.3 Å². The topological polar surface area (TPSA) is 9.72 Å². The molecule has 0 N–H and O–H groups in total. The van der Waals surface area contributed by atoms with Gasteiger partial charge in [0, 0.05) is 37.1 Å². The molecule has 1 aliphatic heterocycles. The van der Waals surface area contributed by atoms with E-state index >= 15 is 0 Å². The molecule has 0 atom stereocenters. The molecule has 1 saturated heterocycles. The molecule has 2 heterocycles. The molecule has 0 saturated carbocycles. The zero-order valence-electron chi connectivity index (χ0n) is 16.2. The lowest BCUT2D eigenvalue weighted by Gasteiger charge is -2.27. The molecule has 4 heteroatoms. The Morgan fingerprint density at radius 1 is 1.04 bits per heavy atom. The molecule has 1 fully saturated rings. The lowest BCUT2D eigenvalue weighted by atomic mass is 10.1. The summed E-state index contributed by atoms with van der Waals surface area (Å²) in [5, 5.41) is 2.33. The number of thiophene rings is 1. The van der Waals surface area contributed by atoms with E-state index in [9.17, 15) is 0 Å². The van der Waals surface area contributed by atoms with Gasteiger partial charge in [0.05, 0.1) is 0 Å². The number of hydrogen-bond acceptors (Lipinski definition) is 4. The Morgan fingerprint density at radius 2 is 1.81 bits per heavy atom. The minimum Gasteiger partial charge on any atom is -0.305 e. The highest BCUT2D eigenvalue weighted by Crippen LogP contribution is 2.26. The van der Waals surface area contributed by atoms with Crippen LogP contribution in [0.15, 0.2) is 35.7 Å². The maximum Gasteiger partial charge on any atom is 0.0328 e. The second-order valence-electron chi connectivity index (χ2n) is 8.16. The van der Waals surface area contributed by atoms with Crippen LogP contribution in [0.2, 0.25) is 0 Å². The molecule has 2 aromatic rings. The van der Waals surface area contributed by atoms with Gasteiger partial charge in [0.15, 0.2) is 0 Å². The summed E-state index contributed by atoms with van der Waals surface area (Å²) in [5.41, 5.74) is 4.60. The number of rotatable bonds is 5. The summed E-state index contributed by atoms with van der Waals surface area (Å²) in [6.07, 6.45) is 3.78. The molecular formula is C22H31N3S. The molecule has 0 radical (unpaired) electrons. The Bertz CT molecular complexity index is 699. The van der Waals surface area contributed by atoms with Crippen molar-refractivity contribution in [3.8, 4) is 0 Å². The number of fused-ring (bicyclic) bond motifs is 1. The molecular weight excluding hydrogens is 338 g/mol. The van der Waals surface area contributed by atoms with Gasteiger partial charge in [0.1, 0.15) is 0 Å². The predicted octanol–water partition coefficient (Wildman–Crippen LogP) is 3.48. The van der Waals surface area contributed by atoms with Gasteiger partial charge in [-0.2, -0.15) is 0 Å². The van der Waals surface area contributed by atoms with E-state index in [0.717, 1.165) is 19.1 Å². The first-order valence-electron chi connectivity index (χ1n) is 9.91. The molecule has 3 nitrogen and oxygen atoms in total. The molecule has 0 amide bonds. The van der Waals surface area contributed by atoms with Crippen molar-refractivity contribution in [2.45, 2.75) is 38.4 Å². The second-order valence-corrected chi connectivity index (χ2v) is 9.15. The quantitative estimate of drug-likeness (QED) is 0.799. The maximum absolute atomic E-state index is 2.76. The molecule has 0 bridgehead atoms. The Labute approximate surface area is 162 Å². The predicted molar refractivity (Wildman–Crippen MR) is 111 cm³/mol. The SMILES string of the molecule is CN(C)Cc1csc(CN2CCCN(C3Cc4ccccc4C3)CC2)c1. The van der Waals surface area contributed by atoms with Gasteiger partial charge in [-0.3, -0.25) is 9.80 Å². The largest absolute Gasteiger partial charge is 0.305 e. The van der Waals surface area contributed by atoms with Gasteiger partial charge in [-0.25, -0.2) is 0 Å². The Hall–Kier alpha value is -1.20. The molecule has 1 aromatic carbocycles. The Balaban J connectivity index is 1.31. The van der Waals surface area contributed by atoms with E-state index in [4.69, 9.17) is 0 Å². The van der Waals surface area contributed by atoms with Crippen LogP contribution in [-0.2, 0) is 25.9 Å². The van der Waals surface area contributed by atoms with Crippen LogP contribution in [0.5, 0.6) is 0 Å². The summed E-state index contributed by atoms with van der Waals surface area (Å²) in [6, 6.07) is 12.2. The molecule has 4 rings (SSSR count). The molecule has 26 heavy (non-hydrogen) atoms. The van der Waals surface area contributed by atoms with E-state index in [2.05, 4.69) is 64.5 Å². The van der Waals surface area contributed by atoms with Crippen molar-refractivity contribution in [2.75, 3.05) is 40.3 Å². The van der Waals surface area contributed by atoms with Crippen LogP contribution in [0, 0.1) is 0 Å². The van der Waals surface area contributed by atoms with Crippen LogP contribution < -0.4 is 0 Å². The standard InChI is InChI=1S/C22H31N3S/c1-23(2)15-18-12-22(26-17-18)16-24-8-5-9-25(11-10-24)21-13-19-6-3-4-7-20(19)14-21/h3-4,6-7,12,17,21H,5,8-11,13-16H2,1-2H3. The molecule has 0 unspecified atom stereocenters. The van der Waals surface area contributed by atoms with Gasteiger partial charge >= 0.3 is 0 Å². The van der Waals surface area contributed by atoms with E-state index in [1.807, 2.05) is 11.3 Å². The zero-order valence-corrected chi connectivity index (χ0v) is 17.0. The highest BCUT2D eigenvalue weighted by atomic mass is 32.1. The first-order valence-corrected chi connectivity index (χ1v) is 10.8. The van der Waals surface area contributed by atoms with Crippen molar-refractivity contribution in [2.24, 2.45) is 0 Å². The summed E-state index contributed by atoms with van der Waals surface area (Å²) >= 11 is 1.93. The first kappa shape index (κ1) is 18.2. The average Bonchev–Trinajstić information content (AvgIpc) is 3.16. The van der Waals surface area contributed by atoms with Crippen LogP contribution in [0.25, 0.3) is 0 Å². The van der Waals surface area contributed by atoms with Crippen LogP contribution in [0.4, 0.5) is 0 Å². The summed E-state index contributed by atoms with van der Waals surface area (Å²) in [4.78, 5) is 9.18. The Kier molecular flexibility index (Phi) is 5.75. The lowest BCUT2D eigenvalue weighted by molar-refractivity contribution is 0.201. The second kappa shape index (κ2) is 8.22. The minimum atomic E-state index is 0.723. The van der Waals surface area contributed by atoms with Crippen LogP contribution in [-0.4, -0.2) is 61.0 Å². The third-order valence-electron chi connectivity index (χ3n) is 5.76. The van der Waals surface area contributed by atoms with Crippen molar-refractivity contribution < 1.29 is 0 Å². The van der Waals surface area contributed by atoms with Crippen LogP contribution in [0.1, 0.15) is 28.0 Å². The molecule has 1 aromatic heterocycles. The van der Waals surface area contributed by atoms with Gasteiger partial charge < -0.3 is 4.90 Å². The van der Waals surface area contributed by atoms with Crippen molar-refractivity contribution >= 4 is 11.3 Å². The molecule has 1 aliphatic carbocycles. The molecule has 140 valence electrons. The van der Waals surface area contributed by atoms with Crippen LogP contribution in [0.3, 0.4) is 0 Å². The monoisotopic (exact) mass is 369 g/mol. The van der Waals surface area contributed by atoms with E-state index < -0.39 is 0 Å². The third kappa shape index (κ3) is 4.37. The normalized spacial score (nSPS) is 19.8. The fraction of sp³-hybridized carbons (Fsp3) is 0.545. The van der Waals surface area contributed by atoms with Gasteiger partial charge in [-0.15, -0.1) is 11.3 Å². The summed E-state index contributed by atoms with van der Waals surface area (Å²) in [5.74, 6) is 0.